The van der Waals surface area contributed by atoms with Gasteiger partial charge in [-0.3, -0.25) is 4.99 Å². The minimum atomic E-state index is 0. The van der Waals surface area contributed by atoms with Gasteiger partial charge in [-0.2, -0.15) is 0 Å². The maximum atomic E-state index is 6.01. The summed E-state index contributed by atoms with van der Waals surface area (Å²) < 4.78 is 0. The first-order valence-corrected chi connectivity index (χ1v) is 8.87. The molecule has 0 spiro atoms. The molecule has 1 aliphatic rings. The Balaban J connectivity index is 0.00000288. The summed E-state index contributed by atoms with van der Waals surface area (Å²) in [6.07, 6.45) is 4.88. The van der Waals surface area contributed by atoms with Crippen molar-refractivity contribution in [2.24, 2.45) is 16.6 Å². The third-order valence-electron chi connectivity index (χ3n) is 4.63. The summed E-state index contributed by atoms with van der Waals surface area (Å²) in [6.45, 7) is 8.19. The van der Waals surface area contributed by atoms with E-state index in [4.69, 9.17) is 5.73 Å². The predicted molar refractivity (Wildman–Crippen MR) is 114 cm³/mol. The average Bonchev–Trinajstić information content (AvgIpc) is 3.00. The van der Waals surface area contributed by atoms with Gasteiger partial charge in [0.1, 0.15) is 0 Å². The largest absolute Gasteiger partial charge is 0.370 e. The third-order valence-corrected chi connectivity index (χ3v) is 4.63. The van der Waals surface area contributed by atoms with Crippen molar-refractivity contribution in [3.8, 4) is 0 Å². The quantitative estimate of drug-likeness (QED) is 0.340. The number of benzene rings is 1. The Morgan fingerprint density at radius 3 is 2.38 bits per heavy atom. The first kappa shape index (κ1) is 21.2. The summed E-state index contributed by atoms with van der Waals surface area (Å²) in [4.78, 5) is 4.62. The van der Waals surface area contributed by atoms with Gasteiger partial charge in [-0.1, -0.05) is 57.0 Å². The maximum Gasteiger partial charge on any atom is 0.188 e. The molecule has 0 saturated heterocycles. The number of hydrogen-bond acceptors (Lipinski definition) is 2. The van der Waals surface area contributed by atoms with Crippen molar-refractivity contribution in [1.29, 1.82) is 0 Å². The van der Waals surface area contributed by atoms with Gasteiger partial charge in [0, 0.05) is 18.1 Å². The number of nitrogens with two attached hydrogens (primary N) is 1. The molecule has 0 amide bonds. The molecule has 4 N–H and O–H groups in total. The lowest BCUT2D eigenvalue weighted by Crippen LogP contribution is -2.47. The second kappa shape index (κ2) is 10.2. The smallest absolute Gasteiger partial charge is 0.188 e. The van der Waals surface area contributed by atoms with Crippen LogP contribution in [0.5, 0.6) is 0 Å². The lowest BCUT2D eigenvalue weighted by atomic mass is 9.95. The van der Waals surface area contributed by atoms with Gasteiger partial charge in [0.25, 0.3) is 0 Å². The molecular weight excluding hydrogens is 411 g/mol. The highest BCUT2D eigenvalue weighted by Gasteiger charge is 2.34. The van der Waals surface area contributed by atoms with Crippen molar-refractivity contribution < 1.29 is 0 Å². The van der Waals surface area contributed by atoms with Crippen LogP contribution in [-0.2, 0) is 0 Å². The Morgan fingerprint density at radius 2 is 1.79 bits per heavy atom. The first-order chi connectivity index (χ1) is 11.0. The van der Waals surface area contributed by atoms with Crippen molar-refractivity contribution in [3.05, 3.63) is 35.9 Å². The lowest BCUT2D eigenvalue weighted by molar-refractivity contribution is 0.307. The molecule has 1 unspecified atom stereocenters. The maximum absolute atomic E-state index is 6.01. The molecule has 0 radical (unpaired) electrons. The summed E-state index contributed by atoms with van der Waals surface area (Å²) >= 11 is 0. The van der Waals surface area contributed by atoms with Crippen LogP contribution in [0.4, 0.5) is 0 Å². The summed E-state index contributed by atoms with van der Waals surface area (Å²) in [5.74, 6) is 1.14. The zero-order chi connectivity index (χ0) is 16.7. The summed E-state index contributed by atoms with van der Waals surface area (Å²) in [5.41, 5.74) is 7.42. The van der Waals surface area contributed by atoms with E-state index in [-0.39, 0.29) is 29.5 Å². The average molecular weight is 444 g/mol. The first-order valence-electron chi connectivity index (χ1n) is 8.87. The molecule has 0 heterocycles. The van der Waals surface area contributed by atoms with E-state index in [9.17, 15) is 0 Å². The van der Waals surface area contributed by atoms with Gasteiger partial charge in [0.15, 0.2) is 5.96 Å². The Hall–Kier alpha value is -0.820. The highest BCUT2D eigenvalue weighted by Crippen LogP contribution is 2.32. The molecule has 5 heteroatoms. The molecule has 4 nitrogen and oxygen atoms in total. The molecule has 0 aromatic heterocycles. The minimum Gasteiger partial charge on any atom is -0.370 e. The standard InChI is InChI=1S/C19H32N4.HI/c1-15(2)13-21-18(20)22-14-19(11-7-8-12-19)23-16(3)17-9-5-4-6-10-17;/h4-6,9-10,15-16,23H,7-8,11-14H2,1-3H3,(H3,20,21,22);1H. The molecule has 1 fully saturated rings. The van der Waals surface area contributed by atoms with Gasteiger partial charge in [-0.25, -0.2) is 0 Å². The highest BCUT2D eigenvalue weighted by atomic mass is 127. The van der Waals surface area contributed by atoms with E-state index in [1.165, 1.54) is 31.2 Å². The van der Waals surface area contributed by atoms with Crippen LogP contribution in [0.15, 0.2) is 35.3 Å². The van der Waals surface area contributed by atoms with Crippen LogP contribution in [0.25, 0.3) is 0 Å². The van der Waals surface area contributed by atoms with Gasteiger partial charge in [0.05, 0.1) is 6.54 Å². The monoisotopic (exact) mass is 444 g/mol. The summed E-state index contributed by atoms with van der Waals surface area (Å²) in [7, 11) is 0. The number of rotatable bonds is 7. The molecule has 0 aliphatic heterocycles. The predicted octanol–water partition coefficient (Wildman–Crippen LogP) is 3.83. The second-order valence-electron chi connectivity index (χ2n) is 7.24. The second-order valence-corrected chi connectivity index (χ2v) is 7.24. The van der Waals surface area contributed by atoms with E-state index in [1.54, 1.807) is 0 Å². The fourth-order valence-electron chi connectivity index (χ4n) is 3.29. The van der Waals surface area contributed by atoms with Crippen LogP contribution in [0.1, 0.15) is 58.1 Å². The number of nitrogens with one attached hydrogen (secondary N) is 2. The van der Waals surface area contributed by atoms with E-state index in [1.807, 2.05) is 0 Å². The van der Waals surface area contributed by atoms with Gasteiger partial charge in [-0.05, 0) is 31.2 Å². The van der Waals surface area contributed by atoms with E-state index in [2.05, 4.69) is 66.7 Å². The van der Waals surface area contributed by atoms with Gasteiger partial charge < -0.3 is 16.4 Å². The summed E-state index contributed by atoms with van der Waals surface area (Å²) in [6, 6.07) is 11.0. The Bertz CT molecular complexity index is 495. The minimum absolute atomic E-state index is 0. The fraction of sp³-hybridized carbons (Fsp3) is 0.632. The van der Waals surface area contributed by atoms with Gasteiger partial charge in [0.2, 0.25) is 0 Å². The highest BCUT2D eigenvalue weighted by molar-refractivity contribution is 14.0. The molecule has 1 atom stereocenters. The lowest BCUT2D eigenvalue weighted by Gasteiger charge is -2.33. The summed E-state index contributed by atoms with van der Waals surface area (Å²) in [5, 5.41) is 7.05. The van der Waals surface area contributed by atoms with Gasteiger partial charge in [-0.15, -0.1) is 24.0 Å². The molecule has 0 bridgehead atoms. The number of guanidine groups is 1. The SMILES string of the molecule is CC(C)CNC(N)=NCC1(NC(C)c2ccccc2)CCCC1.I. The van der Waals surface area contributed by atoms with Crippen LogP contribution >= 0.6 is 24.0 Å². The Labute approximate surface area is 164 Å². The molecule has 24 heavy (non-hydrogen) atoms. The molecule has 2 rings (SSSR count). The molecule has 1 aromatic carbocycles. The van der Waals surface area contributed by atoms with Crippen LogP contribution in [0.2, 0.25) is 0 Å². The van der Waals surface area contributed by atoms with E-state index < -0.39 is 0 Å². The van der Waals surface area contributed by atoms with E-state index in [0.717, 1.165) is 13.1 Å². The molecule has 1 aliphatic carbocycles. The molecular formula is C19H33IN4. The van der Waals surface area contributed by atoms with Crippen LogP contribution in [0.3, 0.4) is 0 Å². The molecule has 1 saturated carbocycles. The van der Waals surface area contributed by atoms with Crippen molar-refractivity contribution in [3.63, 3.8) is 0 Å². The van der Waals surface area contributed by atoms with Crippen LogP contribution < -0.4 is 16.4 Å². The normalized spacial score (nSPS) is 18.2. The van der Waals surface area contributed by atoms with Crippen LogP contribution in [0, 0.1) is 5.92 Å². The van der Waals surface area contributed by atoms with Crippen LogP contribution in [-0.4, -0.2) is 24.6 Å². The molecule has 136 valence electrons. The van der Waals surface area contributed by atoms with E-state index in [0.29, 0.717) is 17.9 Å². The number of nitrogens with zero attached hydrogens (tertiary/aromatic N) is 1. The molecule has 1 aromatic rings. The third kappa shape index (κ3) is 6.59. The number of halogens is 1. The van der Waals surface area contributed by atoms with E-state index >= 15 is 0 Å². The topological polar surface area (TPSA) is 62.4 Å². The number of hydrogen-bond donors (Lipinski definition) is 3. The Kier molecular flexibility index (Phi) is 9.05. The fourth-order valence-corrected chi connectivity index (χ4v) is 3.29. The van der Waals surface area contributed by atoms with Crippen molar-refractivity contribution in [1.82, 2.24) is 10.6 Å². The van der Waals surface area contributed by atoms with Crippen molar-refractivity contribution in [2.75, 3.05) is 13.1 Å². The Morgan fingerprint density at radius 1 is 1.17 bits per heavy atom. The zero-order valence-electron chi connectivity index (χ0n) is 15.2. The zero-order valence-corrected chi connectivity index (χ0v) is 17.5. The number of aliphatic imine (C=N–C) groups is 1. The van der Waals surface area contributed by atoms with Crippen molar-refractivity contribution >= 4 is 29.9 Å². The van der Waals surface area contributed by atoms with Crippen molar-refractivity contribution in [2.45, 2.75) is 58.0 Å². The van der Waals surface area contributed by atoms with Gasteiger partial charge >= 0.3 is 0 Å².